The lowest BCUT2D eigenvalue weighted by Crippen LogP contribution is -2.25. The average molecular weight is 286 g/mol. The summed E-state index contributed by atoms with van der Waals surface area (Å²) in [7, 11) is 3.29. The van der Waals surface area contributed by atoms with E-state index in [9.17, 15) is 9.59 Å². The van der Waals surface area contributed by atoms with E-state index in [1.807, 2.05) is 24.3 Å². The zero-order chi connectivity index (χ0) is 15.2. The van der Waals surface area contributed by atoms with Gasteiger partial charge in [-0.25, -0.2) is 0 Å². The Morgan fingerprint density at radius 2 is 1.81 bits per heavy atom. The van der Waals surface area contributed by atoms with E-state index in [4.69, 9.17) is 4.74 Å². The maximum Gasteiger partial charge on any atom is 0.250 e. The second-order valence-corrected chi connectivity index (χ2v) is 4.79. The summed E-state index contributed by atoms with van der Waals surface area (Å²) in [6.45, 7) is 0.406. The van der Waals surface area contributed by atoms with Crippen molar-refractivity contribution in [1.82, 2.24) is 9.88 Å². The highest BCUT2D eigenvalue weighted by atomic mass is 16.5. The van der Waals surface area contributed by atoms with Crippen molar-refractivity contribution in [3.63, 3.8) is 0 Å². The molecule has 1 aromatic heterocycles. The summed E-state index contributed by atoms with van der Waals surface area (Å²) in [6.07, 6.45) is 2.03. The fraction of sp³-hybridized carbons (Fsp3) is 0.250. The minimum absolute atomic E-state index is 0.0611. The van der Waals surface area contributed by atoms with E-state index in [2.05, 4.69) is 5.32 Å². The van der Waals surface area contributed by atoms with Crippen LogP contribution in [0.4, 0.5) is 0 Å². The topological polar surface area (TPSA) is 60.3 Å². The minimum Gasteiger partial charge on any atom is -0.497 e. The van der Waals surface area contributed by atoms with Crippen LogP contribution < -0.4 is 15.6 Å². The Bertz CT molecular complexity index is 675. The van der Waals surface area contributed by atoms with Crippen LogP contribution in [0.5, 0.6) is 5.75 Å². The number of nitrogens with one attached hydrogen (secondary N) is 1. The monoisotopic (exact) mass is 286 g/mol. The van der Waals surface area contributed by atoms with Gasteiger partial charge in [0.15, 0.2) is 0 Å². The maximum absolute atomic E-state index is 11.9. The SMILES string of the molecule is COc1ccc(CC(=O)NCc2ccc(=O)n(C)c2)cc1. The van der Waals surface area contributed by atoms with E-state index < -0.39 is 0 Å². The number of hydrogen-bond acceptors (Lipinski definition) is 3. The van der Waals surface area contributed by atoms with E-state index in [0.717, 1.165) is 16.9 Å². The summed E-state index contributed by atoms with van der Waals surface area (Å²) in [6, 6.07) is 10.6. The van der Waals surface area contributed by atoms with Gasteiger partial charge in [0, 0.05) is 25.9 Å². The van der Waals surface area contributed by atoms with Crippen LogP contribution in [0.3, 0.4) is 0 Å². The minimum atomic E-state index is -0.0664. The molecule has 110 valence electrons. The molecule has 21 heavy (non-hydrogen) atoms. The molecule has 0 radical (unpaired) electrons. The van der Waals surface area contributed by atoms with Crippen LogP contribution in [0, 0.1) is 0 Å². The fourth-order valence-electron chi connectivity index (χ4n) is 1.95. The lowest BCUT2D eigenvalue weighted by atomic mass is 10.1. The predicted molar refractivity (Wildman–Crippen MR) is 80.2 cm³/mol. The van der Waals surface area contributed by atoms with E-state index in [1.54, 1.807) is 26.4 Å². The molecule has 1 N–H and O–H groups in total. The van der Waals surface area contributed by atoms with Crippen LogP contribution in [0.1, 0.15) is 11.1 Å². The molecule has 0 bridgehead atoms. The zero-order valence-corrected chi connectivity index (χ0v) is 12.1. The zero-order valence-electron chi connectivity index (χ0n) is 12.1. The molecular formula is C16H18N2O3. The Morgan fingerprint density at radius 3 is 2.43 bits per heavy atom. The van der Waals surface area contributed by atoms with Gasteiger partial charge in [0.05, 0.1) is 13.5 Å². The highest BCUT2D eigenvalue weighted by Gasteiger charge is 2.04. The van der Waals surface area contributed by atoms with E-state index in [0.29, 0.717) is 13.0 Å². The smallest absolute Gasteiger partial charge is 0.250 e. The number of nitrogens with zero attached hydrogens (tertiary/aromatic N) is 1. The second kappa shape index (κ2) is 6.74. The van der Waals surface area contributed by atoms with Gasteiger partial charge in [0.2, 0.25) is 11.5 Å². The molecule has 0 aliphatic carbocycles. The Morgan fingerprint density at radius 1 is 1.14 bits per heavy atom. The first-order valence-electron chi connectivity index (χ1n) is 6.63. The summed E-state index contributed by atoms with van der Waals surface area (Å²) in [5.41, 5.74) is 1.75. The molecule has 1 amide bonds. The third-order valence-corrected chi connectivity index (χ3v) is 3.16. The van der Waals surface area contributed by atoms with Crippen molar-refractivity contribution >= 4 is 5.91 Å². The number of pyridine rings is 1. The van der Waals surface area contributed by atoms with Gasteiger partial charge in [-0.1, -0.05) is 18.2 Å². The summed E-state index contributed by atoms with van der Waals surface area (Å²) in [5.74, 6) is 0.707. The van der Waals surface area contributed by atoms with Crippen LogP contribution in [0.15, 0.2) is 47.4 Å². The Balaban J connectivity index is 1.89. The quantitative estimate of drug-likeness (QED) is 0.900. The van der Waals surface area contributed by atoms with Crippen molar-refractivity contribution in [2.24, 2.45) is 7.05 Å². The lowest BCUT2D eigenvalue weighted by Gasteiger charge is -2.07. The molecule has 0 spiro atoms. The third-order valence-electron chi connectivity index (χ3n) is 3.16. The van der Waals surface area contributed by atoms with Crippen molar-refractivity contribution in [3.05, 3.63) is 64.1 Å². The van der Waals surface area contributed by atoms with Gasteiger partial charge in [0.1, 0.15) is 5.75 Å². The number of ether oxygens (including phenoxy) is 1. The normalized spacial score (nSPS) is 10.2. The molecule has 1 heterocycles. The standard InChI is InChI=1S/C16H18N2O3/c1-18-11-13(5-8-16(18)20)10-17-15(19)9-12-3-6-14(21-2)7-4-12/h3-8,11H,9-10H2,1-2H3,(H,17,19). The Hall–Kier alpha value is -2.56. The van der Waals surface area contributed by atoms with Crippen molar-refractivity contribution in [3.8, 4) is 5.75 Å². The molecular weight excluding hydrogens is 268 g/mol. The highest BCUT2D eigenvalue weighted by Crippen LogP contribution is 2.11. The molecule has 0 fully saturated rings. The lowest BCUT2D eigenvalue weighted by molar-refractivity contribution is -0.120. The Kier molecular flexibility index (Phi) is 4.77. The first kappa shape index (κ1) is 14.8. The van der Waals surface area contributed by atoms with Gasteiger partial charge in [-0.05, 0) is 23.3 Å². The van der Waals surface area contributed by atoms with E-state index >= 15 is 0 Å². The molecule has 5 nitrogen and oxygen atoms in total. The number of carbonyl (C=O) groups is 1. The second-order valence-electron chi connectivity index (χ2n) is 4.79. The fourth-order valence-corrected chi connectivity index (χ4v) is 1.95. The number of hydrogen-bond donors (Lipinski definition) is 1. The number of benzene rings is 1. The van der Waals surface area contributed by atoms with Gasteiger partial charge in [-0.15, -0.1) is 0 Å². The van der Waals surface area contributed by atoms with Gasteiger partial charge >= 0.3 is 0 Å². The molecule has 0 aliphatic rings. The number of aromatic nitrogens is 1. The van der Waals surface area contributed by atoms with Crippen molar-refractivity contribution in [1.29, 1.82) is 0 Å². The molecule has 2 aromatic rings. The average Bonchev–Trinajstić information content (AvgIpc) is 2.49. The van der Waals surface area contributed by atoms with Crippen LogP contribution >= 0.6 is 0 Å². The van der Waals surface area contributed by atoms with Crippen molar-refractivity contribution in [2.75, 3.05) is 7.11 Å². The van der Waals surface area contributed by atoms with Crippen LogP contribution in [0.25, 0.3) is 0 Å². The van der Waals surface area contributed by atoms with Crippen LogP contribution in [-0.2, 0) is 24.8 Å². The summed E-state index contributed by atoms with van der Waals surface area (Å²) in [5, 5.41) is 2.84. The van der Waals surface area contributed by atoms with E-state index in [-0.39, 0.29) is 11.5 Å². The number of aryl methyl sites for hydroxylation is 1. The molecule has 0 unspecified atom stereocenters. The van der Waals surface area contributed by atoms with E-state index in [1.165, 1.54) is 10.6 Å². The van der Waals surface area contributed by atoms with Crippen molar-refractivity contribution in [2.45, 2.75) is 13.0 Å². The summed E-state index contributed by atoms with van der Waals surface area (Å²) in [4.78, 5) is 23.1. The number of rotatable bonds is 5. The van der Waals surface area contributed by atoms with Crippen LogP contribution in [-0.4, -0.2) is 17.6 Å². The van der Waals surface area contributed by atoms with Gasteiger partial charge < -0.3 is 14.6 Å². The number of carbonyl (C=O) groups excluding carboxylic acids is 1. The molecule has 0 saturated heterocycles. The largest absolute Gasteiger partial charge is 0.497 e. The predicted octanol–water partition coefficient (Wildman–Crippen LogP) is 1.25. The molecule has 0 atom stereocenters. The molecule has 2 rings (SSSR count). The molecule has 0 aliphatic heterocycles. The Labute approximate surface area is 123 Å². The number of methoxy groups -OCH3 is 1. The molecule has 0 saturated carbocycles. The summed E-state index contributed by atoms with van der Waals surface area (Å²) < 4.78 is 6.56. The first-order valence-corrected chi connectivity index (χ1v) is 6.63. The maximum atomic E-state index is 11.9. The first-order chi connectivity index (χ1) is 10.1. The number of amides is 1. The third kappa shape index (κ3) is 4.21. The van der Waals surface area contributed by atoms with Gasteiger partial charge in [-0.3, -0.25) is 9.59 Å². The summed E-state index contributed by atoms with van der Waals surface area (Å²) >= 11 is 0. The van der Waals surface area contributed by atoms with Crippen molar-refractivity contribution < 1.29 is 9.53 Å². The van der Waals surface area contributed by atoms with Crippen LogP contribution in [0.2, 0.25) is 0 Å². The molecule has 5 heteroatoms. The molecule has 1 aromatic carbocycles. The van der Waals surface area contributed by atoms with Gasteiger partial charge in [0.25, 0.3) is 0 Å². The highest BCUT2D eigenvalue weighted by molar-refractivity contribution is 5.78. The van der Waals surface area contributed by atoms with Gasteiger partial charge in [-0.2, -0.15) is 0 Å².